The summed E-state index contributed by atoms with van der Waals surface area (Å²) in [4.78, 5) is 7.96. The van der Waals surface area contributed by atoms with Gasteiger partial charge in [-0.3, -0.25) is 0 Å². The summed E-state index contributed by atoms with van der Waals surface area (Å²) in [6.45, 7) is 4.82. The Labute approximate surface area is 173 Å². The van der Waals surface area contributed by atoms with Crippen LogP contribution < -0.4 is 15.4 Å². The second-order valence-corrected chi connectivity index (χ2v) is 7.77. The molecule has 152 valence electrons. The monoisotopic (exact) mass is 412 g/mol. The van der Waals surface area contributed by atoms with Crippen molar-refractivity contribution in [2.24, 2.45) is 10.7 Å². The van der Waals surface area contributed by atoms with E-state index in [2.05, 4.69) is 39.1 Å². The lowest BCUT2D eigenvalue weighted by Crippen LogP contribution is -2.36. The molecule has 1 aliphatic rings. The number of anilines is 1. The smallest absolute Gasteiger partial charge is 0.190 e. The lowest BCUT2D eigenvalue weighted by Gasteiger charge is -2.28. The van der Waals surface area contributed by atoms with Crippen molar-refractivity contribution in [3.63, 3.8) is 0 Å². The van der Waals surface area contributed by atoms with Gasteiger partial charge in [-0.25, -0.2) is 9.38 Å². The van der Waals surface area contributed by atoms with Crippen LogP contribution >= 0.6 is 11.3 Å². The molecule has 2 aromatic carbocycles. The molecule has 2 N–H and O–H groups in total. The zero-order chi connectivity index (χ0) is 20.1. The maximum absolute atomic E-state index is 13.2. The number of rotatable bonds is 6. The van der Waals surface area contributed by atoms with E-state index < -0.39 is 0 Å². The molecule has 0 atom stereocenters. The largest absolute Gasteiger partial charge is 0.378 e. The van der Waals surface area contributed by atoms with Gasteiger partial charge in [0.25, 0.3) is 0 Å². The molecule has 3 aromatic rings. The summed E-state index contributed by atoms with van der Waals surface area (Å²) in [5, 5.41) is 2.13. The average molecular weight is 413 g/mol. The van der Waals surface area contributed by atoms with Gasteiger partial charge in [-0.15, -0.1) is 11.3 Å². The van der Waals surface area contributed by atoms with Gasteiger partial charge in [0.15, 0.2) is 4.80 Å². The summed E-state index contributed by atoms with van der Waals surface area (Å²) in [6, 6.07) is 14.9. The van der Waals surface area contributed by atoms with E-state index in [1.54, 1.807) is 23.5 Å². The van der Waals surface area contributed by atoms with Crippen LogP contribution in [0.25, 0.3) is 11.3 Å². The highest BCUT2D eigenvalue weighted by molar-refractivity contribution is 7.07. The normalized spacial score (nSPS) is 15.1. The molecule has 1 fully saturated rings. The number of benzene rings is 2. The minimum absolute atomic E-state index is 0.257. The van der Waals surface area contributed by atoms with E-state index in [-0.39, 0.29) is 5.82 Å². The van der Waals surface area contributed by atoms with Gasteiger partial charge in [0.2, 0.25) is 0 Å². The van der Waals surface area contributed by atoms with Crippen molar-refractivity contribution in [2.75, 3.05) is 37.7 Å². The molecule has 29 heavy (non-hydrogen) atoms. The maximum atomic E-state index is 13.2. The second-order valence-electron chi connectivity index (χ2n) is 6.93. The molecule has 1 aliphatic heterocycles. The molecule has 2 heterocycles. The highest BCUT2D eigenvalue weighted by Crippen LogP contribution is 2.25. The number of nitrogens with zero attached hydrogens (tertiary/aromatic N) is 3. The molecular weight excluding hydrogens is 387 g/mol. The first-order valence-electron chi connectivity index (χ1n) is 9.86. The Hall–Kier alpha value is -2.48. The standard InChI is InChI=1S/C22H25FN4OS/c23-18-4-6-19(7-5-18)25-22-27(11-1-10-24)21(16-29-22)17-2-8-20(9-3-17)26-12-14-28-15-13-26/h2-9,16H,1,10-15,24H2/b25-22-. The van der Waals surface area contributed by atoms with Crippen molar-refractivity contribution >= 4 is 22.7 Å². The summed E-state index contributed by atoms with van der Waals surface area (Å²) < 4.78 is 20.8. The summed E-state index contributed by atoms with van der Waals surface area (Å²) in [5.74, 6) is -0.257. The van der Waals surface area contributed by atoms with Crippen molar-refractivity contribution in [3.05, 3.63) is 64.5 Å². The van der Waals surface area contributed by atoms with Gasteiger partial charge in [0, 0.05) is 30.7 Å². The average Bonchev–Trinajstić information content (AvgIpc) is 3.17. The first kappa shape index (κ1) is 19.8. The zero-order valence-electron chi connectivity index (χ0n) is 16.3. The number of ether oxygens (including phenoxy) is 1. The molecule has 1 saturated heterocycles. The molecular formula is C22H25FN4OS. The first-order valence-corrected chi connectivity index (χ1v) is 10.7. The van der Waals surface area contributed by atoms with Crippen LogP contribution in [0, 0.1) is 5.82 Å². The van der Waals surface area contributed by atoms with Crippen LogP contribution in [0.4, 0.5) is 15.8 Å². The SMILES string of the molecule is NCCCn1c(-c2ccc(N3CCOCC3)cc2)cs/c1=N\c1ccc(F)cc1. The van der Waals surface area contributed by atoms with Crippen LogP contribution in [0.3, 0.4) is 0 Å². The van der Waals surface area contributed by atoms with Crippen LogP contribution in [-0.2, 0) is 11.3 Å². The number of thiazole rings is 1. The number of hydrogen-bond donors (Lipinski definition) is 1. The van der Waals surface area contributed by atoms with Gasteiger partial charge >= 0.3 is 0 Å². The Morgan fingerprint density at radius 2 is 1.76 bits per heavy atom. The van der Waals surface area contributed by atoms with E-state index in [0.717, 1.165) is 61.0 Å². The van der Waals surface area contributed by atoms with Gasteiger partial charge in [-0.2, -0.15) is 0 Å². The summed E-state index contributed by atoms with van der Waals surface area (Å²) >= 11 is 1.59. The molecule has 0 spiro atoms. The molecule has 0 bridgehead atoms. The molecule has 7 heteroatoms. The topological polar surface area (TPSA) is 55.8 Å². The minimum atomic E-state index is -0.257. The van der Waals surface area contributed by atoms with Gasteiger partial charge in [-0.1, -0.05) is 12.1 Å². The maximum Gasteiger partial charge on any atom is 0.190 e. The number of halogens is 1. The third-order valence-electron chi connectivity index (χ3n) is 4.97. The van der Waals surface area contributed by atoms with Crippen molar-refractivity contribution in [2.45, 2.75) is 13.0 Å². The fraction of sp³-hybridized carbons (Fsp3) is 0.318. The highest BCUT2D eigenvalue weighted by Gasteiger charge is 2.12. The Bertz CT molecular complexity index is 989. The molecule has 0 saturated carbocycles. The molecule has 0 radical (unpaired) electrons. The van der Waals surface area contributed by atoms with Gasteiger partial charge in [0.1, 0.15) is 5.82 Å². The van der Waals surface area contributed by atoms with Crippen LogP contribution in [-0.4, -0.2) is 37.4 Å². The van der Waals surface area contributed by atoms with Gasteiger partial charge in [0.05, 0.1) is 24.6 Å². The van der Waals surface area contributed by atoms with Crippen molar-refractivity contribution in [1.29, 1.82) is 0 Å². The van der Waals surface area contributed by atoms with E-state index in [4.69, 9.17) is 15.5 Å². The van der Waals surface area contributed by atoms with E-state index >= 15 is 0 Å². The highest BCUT2D eigenvalue weighted by atomic mass is 32.1. The van der Waals surface area contributed by atoms with E-state index in [9.17, 15) is 4.39 Å². The molecule has 0 aliphatic carbocycles. The van der Waals surface area contributed by atoms with Gasteiger partial charge in [-0.05, 0) is 54.9 Å². The third-order valence-corrected chi connectivity index (χ3v) is 5.84. The second kappa shape index (κ2) is 9.35. The number of morpholine rings is 1. The third kappa shape index (κ3) is 4.75. The van der Waals surface area contributed by atoms with E-state index in [0.29, 0.717) is 6.54 Å². The van der Waals surface area contributed by atoms with Crippen LogP contribution in [0.2, 0.25) is 0 Å². The molecule has 0 amide bonds. The first-order chi connectivity index (χ1) is 14.2. The van der Waals surface area contributed by atoms with E-state index in [1.807, 2.05) is 0 Å². The Balaban J connectivity index is 1.66. The molecule has 1 aromatic heterocycles. The van der Waals surface area contributed by atoms with Gasteiger partial charge < -0.3 is 19.9 Å². The number of nitrogens with two attached hydrogens (primary N) is 1. The van der Waals surface area contributed by atoms with Crippen LogP contribution in [0.15, 0.2) is 58.9 Å². The molecule has 4 rings (SSSR count). The van der Waals surface area contributed by atoms with Crippen molar-refractivity contribution < 1.29 is 9.13 Å². The zero-order valence-corrected chi connectivity index (χ0v) is 17.1. The number of aromatic nitrogens is 1. The van der Waals surface area contributed by atoms with E-state index in [1.165, 1.54) is 17.8 Å². The predicted molar refractivity (Wildman–Crippen MR) is 116 cm³/mol. The molecule has 5 nitrogen and oxygen atoms in total. The lowest BCUT2D eigenvalue weighted by atomic mass is 10.1. The van der Waals surface area contributed by atoms with Crippen molar-refractivity contribution in [1.82, 2.24) is 4.57 Å². The van der Waals surface area contributed by atoms with Crippen LogP contribution in [0.1, 0.15) is 6.42 Å². The Morgan fingerprint density at radius 1 is 1.03 bits per heavy atom. The summed E-state index contributed by atoms with van der Waals surface area (Å²) in [5.41, 5.74) is 9.99. The summed E-state index contributed by atoms with van der Waals surface area (Å²) in [6.07, 6.45) is 0.867. The Kier molecular flexibility index (Phi) is 6.39. The van der Waals surface area contributed by atoms with Crippen molar-refractivity contribution in [3.8, 4) is 11.3 Å². The number of hydrogen-bond acceptors (Lipinski definition) is 5. The summed E-state index contributed by atoms with van der Waals surface area (Å²) in [7, 11) is 0. The fourth-order valence-corrected chi connectivity index (χ4v) is 4.36. The minimum Gasteiger partial charge on any atom is -0.378 e. The predicted octanol–water partition coefficient (Wildman–Crippen LogP) is 3.77. The Morgan fingerprint density at radius 3 is 2.45 bits per heavy atom. The quantitative estimate of drug-likeness (QED) is 0.671. The fourth-order valence-electron chi connectivity index (χ4n) is 3.41. The molecule has 0 unspecified atom stereocenters. The lowest BCUT2D eigenvalue weighted by molar-refractivity contribution is 0.122. The van der Waals surface area contributed by atoms with Crippen LogP contribution in [0.5, 0.6) is 0 Å².